The number of rotatable bonds is 2. The SMILES string of the molecule is NC(=O)c1cc(Br)cnc1Cl.O=C(O)c1cc(Br)cnc1Cl. The summed E-state index contributed by atoms with van der Waals surface area (Å²) in [6.07, 6.45) is 2.93. The standard InChI is InChI=1S/C6H4BrClN2O.C6H3BrClNO2/c7-3-1-4(6(9)11)5(8)10-2-3;7-3-1-4(6(10)11)5(8)9-2-3/h1-2H,(H2,9,11);1-2H,(H,10,11). The molecule has 2 aromatic heterocycles. The maximum Gasteiger partial charge on any atom is 0.338 e. The van der Waals surface area contributed by atoms with Gasteiger partial charge in [-0.25, -0.2) is 14.8 Å². The van der Waals surface area contributed by atoms with Crippen LogP contribution in [0.25, 0.3) is 0 Å². The number of halogens is 4. The van der Waals surface area contributed by atoms with Gasteiger partial charge in [-0.2, -0.15) is 0 Å². The highest BCUT2D eigenvalue weighted by Gasteiger charge is 2.09. The Kier molecular flexibility index (Phi) is 7.21. The van der Waals surface area contributed by atoms with Crippen LogP contribution in [-0.2, 0) is 0 Å². The molecular weight excluding hydrogens is 465 g/mol. The molecule has 0 atom stereocenters. The van der Waals surface area contributed by atoms with Crippen LogP contribution in [0.5, 0.6) is 0 Å². The molecule has 2 heterocycles. The van der Waals surface area contributed by atoms with Gasteiger partial charge in [-0.1, -0.05) is 23.2 Å². The first-order valence-corrected chi connectivity index (χ1v) is 7.71. The second-order valence-corrected chi connectivity index (χ2v) is 6.20. The summed E-state index contributed by atoms with van der Waals surface area (Å²) in [4.78, 5) is 28.4. The zero-order valence-electron chi connectivity index (χ0n) is 10.6. The fourth-order valence-electron chi connectivity index (χ4n) is 1.17. The fraction of sp³-hybridized carbons (Fsp3) is 0. The molecule has 3 N–H and O–H groups in total. The lowest BCUT2D eigenvalue weighted by atomic mass is 10.3. The largest absolute Gasteiger partial charge is 0.478 e. The minimum atomic E-state index is -1.08. The maximum absolute atomic E-state index is 10.7. The lowest BCUT2D eigenvalue weighted by molar-refractivity contribution is 0.0696. The van der Waals surface area contributed by atoms with Gasteiger partial charge in [0.1, 0.15) is 10.3 Å². The number of carbonyl (C=O) groups is 2. The van der Waals surface area contributed by atoms with Crippen molar-refractivity contribution in [1.29, 1.82) is 0 Å². The van der Waals surface area contributed by atoms with Crippen molar-refractivity contribution in [3.63, 3.8) is 0 Å². The predicted molar refractivity (Wildman–Crippen MR) is 89.4 cm³/mol. The smallest absolute Gasteiger partial charge is 0.338 e. The highest BCUT2D eigenvalue weighted by molar-refractivity contribution is 9.10. The van der Waals surface area contributed by atoms with Crippen LogP contribution >= 0.6 is 55.1 Å². The average Bonchev–Trinajstić information content (AvgIpc) is 2.44. The van der Waals surface area contributed by atoms with E-state index < -0.39 is 11.9 Å². The number of hydrogen-bond acceptors (Lipinski definition) is 4. The number of primary amides is 1. The Morgan fingerprint density at radius 3 is 1.73 bits per heavy atom. The van der Waals surface area contributed by atoms with Gasteiger partial charge >= 0.3 is 5.97 Å². The van der Waals surface area contributed by atoms with Crippen molar-refractivity contribution in [2.24, 2.45) is 5.73 Å². The monoisotopic (exact) mass is 469 g/mol. The van der Waals surface area contributed by atoms with Crippen molar-refractivity contribution in [3.8, 4) is 0 Å². The molecule has 6 nitrogen and oxygen atoms in total. The fourth-order valence-corrected chi connectivity index (χ4v) is 2.21. The third-order valence-corrected chi connectivity index (χ3v) is 3.58. The highest BCUT2D eigenvalue weighted by atomic mass is 79.9. The van der Waals surface area contributed by atoms with E-state index in [-0.39, 0.29) is 21.4 Å². The van der Waals surface area contributed by atoms with Gasteiger partial charge in [-0.15, -0.1) is 0 Å². The van der Waals surface area contributed by atoms with E-state index in [0.717, 1.165) is 0 Å². The number of carboxylic acid groups (broad SMARTS) is 1. The Morgan fingerprint density at radius 1 is 1.00 bits per heavy atom. The van der Waals surface area contributed by atoms with E-state index in [1.807, 2.05) is 0 Å². The minimum Gasteiger partial charge on any atom is -0.478 e. The van der Waals surface area contributed by atoms with Crippen molar-refractivity contribution in [2.45, 2.75) is 0 Å². The van der Waals surface area contributed by atoms with Crippen molar-refractivity contribution < 1.29 is 14.7 Å². The van der Waals surface area contributed by atoms with E-state index in [4.69, 9.17) is 34.0 Å². The summed E-state index contributed by atoms with van der Waals surface area (Å²) in [6, 6.07) is 2.93. The van der Waals surface area contributed by atoms with Gasteiger partial charge < -0.3 is 10.8 Å². The summed E-state index contributed by atoms with van der Waals surface area (Å²) in [7, 11) is 0. The van der Waals surface area contributed by atoms with Gasteiger partial charge in [-0.05, 0) is 44.0 Å². The number of nitrogens with zero attached hydrogens (tertiary/aromatic N) is 2. The molecular formula is C12H7Br2Cl2N3O3. The lowest BCUT2D eigenvalue weighted by Gasteiger charge is -1.97. The number of carbonyl (C=O) groups excluding carboxylic acids is 1. The predicted octanol–water partition coefficient (Wildman–Crippen LogP) is 3.79. The minimum absolute atomic E-state index is 0.000648. The number of hydrogen-bond donors (Lipinski definition) is 2. The summed E-state index contributed by atoms with van der Waals surface area (Å²) in [5.74, 6) is -1.66. The normalized spacial score (nSPS) is 9.64. The molecule has 0 spiro atoms. The zero-order chi connectivity index (χ0) is 16.9. The van der Waals surface area contributed by atoms with E-state index >= 15 is 0 Å². The Balaban J connectivity index is 0.000000220. The van der Waals surface area contributed by atoms with E-state index in [0.29, 0.717) is 8.95 Å². The first-order chi connectivity index (χ1) is 10.2. The number of carboxylic acids is 1. The Hall–Kier alpha value is -1.22. The molecule has 0 saturated heterocycles. The molecule has 0 saturated carbocycles. The van der Waals surface area contributed by atoms with Crippen LogP contribution in [0.15, 0.2) is 33.5 Å². The molecule has 0 radical (unpaired) electrons. The summed E-state index contributed by atoms with van der Waals surface area (Å²) in [5, 5.41) is 8.67. The van der Waals surface area contributed by atoms with Crippen molar-refractivity contribution in [3.05, 3.63) is 54.9 Å². The summed E-state index contributed by atoms with van der Waals surface area (Å²) in [5.41, 5.74) is 5.22. The second-order valence-electron chi connectivity index (χ2n) is 3.65. The van der Waals surface area contributed by atoms with Crippen LogP contribution in [0.4, 0.5) is 0 Å². The molecule has 0 fully saturated rings. The van der Waals surface area contributed by atoms with Crippen LogP contribution < -0.4 is 5.73 Å². The van der Waals surface area contributed by atoms with Crippen LogP contribution in [0.1, 0.15) is 20.7 Å². The zero-order valence-corrected chi connectivity index (χ0v) is 15.2. The Labute approximate surface area is 151 Å². The molecule has 2 rings (SSSR count). The van der Waals surface area contributed by atoms with Crippen molar-refractivity contribution >= 4 is 66.9 Å². The average molecular weight is 472 g/mol. The summed E-state index contributed by atoms with van der Waals surface area (Å²) >= 11 is 17.3. The lowest BCUT2D eigenvalue weighted by Crippen LogP contribution is -2.12. The van der Waals surface area contributed by atoms with Gasteiger partial charge in [0.15, 0.2) is 0 Å². The van der Waals surface area contributed by atoms with Gasteiger partial charge in [0, 0.05) is 21.3 Å². The molecule has 116 valence electrons. The third-order valence-electron chi connectivity index (χ3n) is 2.11. The molecule has 0 aliphatic heterocycles. The van der Waals surface area contributed by atoms with E-state index in [2.05, 4.69) is 41.8 Å². The number of pyridine rings is 2. The molecule has 22 heavy (non-hydrogen) atoms. The van der Waals surface area contributed by atoms with Gasteiger partial charge in [0.2, 0.25) is 0 Å². The van der Waals surface area contributed by atoms with Crippen LogP contribution in [-0.4, -0.2) is 27.0 Å². The molecule has 0 aliphatic rings. The molecule has 1 amide bonds. The van der Waals surface area contributed by atoms with Gasteiger partial charge in [-0.3, -0.25) is 4.79 Å². The van der Waals surface area contributed by atoms with Crippen molar-refractivity contribution in [1.82, 2.24) is 9.97 Å². The third kappa shape index (κ3) is 5.53. The molecule has 2 aromatic rings. The summed E-state index contributed by atoms with van der Waals surface area (Å²) in [6.45, 7) is 0. The van der Waals surface area contributed by atoms with Crippen LogP contribution in [0, 0.1) is 0 Å². The number of aromatic nitrogens is 2. The quantitative estimate of drug-likeness (QED) is 0.648. The molecule has 0 unspecified atom stereocenters. The van der Waals surface area contributed by atoms with Crippen LogP contribution in [0.3, 0.4) is 0 Å². The van der Waals surface area contributed by atoms with E-state index in [9.17, 15) is 9.59 Å². The second kappa shape index (κ2) is 8.42. The van der Waals surface area contributed by atoms with E-state index in [1.165, 1.54) is 24.5 Å². The Morgan fingerprint density at radius 2 is 1.41 bits per heavy atom. The number of nitrogens with two attached hydrogens (primary N) is 1. The number of aromatic carboxylic acids is 1. The molecule has 0 aliphatic carbocycles. The molecule has 0 aromatic carbocycles. The van der Waals surface area contributed by atoms with Gasteiger partial charge in [0.25, 0.3) is 5.91 Å². The van der Waals surface area contributed by atoms with E-state index in [1.54, 1.807) is 0 Å². The first kappa shape index (κ1) is 18.8. The topological polar surface area (TPSA) is 106 Å². The summed E-state index contributed by atoms with van der Waals surface area (Å²) < 4.78 is 1.27. The highest BCUT2D eigenvalue weighted by Crippen LogP contribution is 2.18. The first-order valence-electron chi connectivity index (χ1n) is 5.37. The Bertz CT molecular complexity index is 667. The number of amides is 1. The molecule has 10 heteroatoms. The maximum atomic E-state index is 10.7. The van der Waals surface area contributed by atoms with Gasteiger partial charge in [0.05, 0.1) is 11.1 Å². The van der Waals surface area contributed by atoms with Crippen LogP contribution in [0.2, 0.25) is 10.3 Å². The molecule has 0 bridgehead atoms. The van der Waals surface area contributed by atoms with Crippen molar-refractivity contribution in [2.75, 3.05) is 0 Å².